The zero-order chi connectivity index (χ0) is 16.2. The smallest absolute Gasteiger partial charge is 0.252 e. The van der Waals surface area contributed by atoms with Crippen LogP contribution >= 0.6 is 0 Å². The summed E-state index contributed by atoms with van der Waals surface area (Å²) in [6, 6.07) is 12.3. The molecule has 0 fully saturated rings. The Labute approximate surface area is 133 Å². The number of nitrogens with one attached hydrogen (secondary N) is 2. The lowest BCUT2D eigenvalue weighted by molar-refractivity contribution is -0.117. The first-order chi connectivity index (χ1) is 11.1. The molecule has 0 saturated carbocycles. The fourth-order valence-corrected chi connectivity index (χ4v) is 2.21. The van der Waals surface area contributed by atoms with Gasteiger partial charge in [-0.3, -0.25) is 9.48 Å². The van der Waals surface area contributed by atoms with Crippen molar-refractivity contribution in [2.45, 2.75) is 13.0 Å². The third kappa shape index (κ3) is 3.57. The molecule has 0 aliphatic carbocycles. The quantitative estimate of drug-likeness (QED) is 0.756. The van der Waals surface area contributed by atoms with Gasteiger partial charge >= 0.3 is 0 Å². The first-order valence-corrected chi connectivity index (χ1v) is 7.17. The summed E-state index contributed by atoms with van der Waals surface area (Å²) in [6.45, 7) is 1.77. The molecule has 0 bridgehead atoms. The van der Waals surface area contributed by atoms with Crippen LogP contribution in [0.25, 0.3) is 0 Å². The number of benzene rings is 1. The van der Waals surface area contributed by atoms with E-state index in [0.717, 1.165) is 5.56 Å². The number of carbonyl (C=O) groups excluding carboxylic acids is 1. The van der Waals surface area contributed by atoms with Gasteiger partial charge in [0.15, 0.2) is 5.82 Å². The summed E-state index contributed by atoms with van der Waals surface area (Å²) in [5.74, 6) is 1.40. The molecule has 1 atom stereocenters. The number of rotatable bonds is 5. The highest BCUT2D eigenvalue weighted by Gasteiger charge is 2.22. The van der Waals surface area contributed by atoms with E-state index in [1.165, 1.54) is 0 Å². The molecule has 3 aromatic rings. The van der Waals surface area contributed by atoms with Crippen molar-refractivity contribution < 1.29 is 9.32 Å². The molecular formula is C16H17N5O2. The largest absolute Gasteiger partial charge is 0.360 e. The molecule has 0 aliphatic heterocycles. The van der Waals surface area contributed by atoms with Crippen LogP contribution in [0.1, 0.15) is 17.4 Å². The van der Waals surface area contributed by atoms with Gasteiger partial charge in [-0.2, -0.15) is 5.10 Å². The average Bonchev–Trinajstić information content (AvgIpc) is 3.14. The van der Waals surface area contributed by atoms with Crippen LogP contribution < -0.4 is 10.6 Å². The number of nitrogens with zero attached hydrogens (tertiary/aromatic N) is 3. The van der Waals surface area contributed by atoms with Gasteiger partial charge in [-0.05, 0) is 12.5 Å². The Balaban J connectivity index is 1.83. The molecule has 2 heterocycles. The van der Waals surface area contributed by atoms with Gasteiger partial charge in [0.1, 0.15) is 17.6 Å². The van der Waals surface area contributed by atoms with Crippen LogP contribution in [0, 0.1) is 6.92 Å². The van der Waals surface area contributed by atoms with Gasteiger partial charge in [0.2, 0.25) is 0 Å². The number of aryl methyl sites for hydroxylation is 2. The molecule has 118 valence electrons. The van der Waals surface area contributed by atoms with Crippen LogP contribution in [-0.4, -0.2) is 20.8 Å². The molecule has 2 aromatic heterocycles. The molecule has 1 aromatic carbocycles. The van der Waals surface area contributed by atoms with E-state index in [0.29, 0.717) is 17.4 Å². The topological polar surface area (TPSA) is 85.0 Å². The van der Waals surface area contributed by atoms with Gasteiger partial charge in [0.05, 0.1) is 0 Å². The number of anilines is 2. The number of amides is 1. The molecule has 0 spiro atoms. The van der Waals surface area contributed by atoms with Crippen LogP contribution in [0.3, 0.4) is 0 Å². The standard InChI is InChI=1S/C16H17N5O2/c1-11-10-14(20-23-11)18-16(22)15(12-6-4-3-5-7-12)17-13-8-9-21(2)19-13/h3-10,15H,1-2H3,(H,17,19)(H,18,20,22)/t15-/m1/s1. The maximum atomic E-state index is 12.6. The van der Waals surface area contributed by atoms with Gasteiger partial charge in [-0.15, -0.1) is 0 Å². The highest BCUT2D eigenvalue weighted by molar-refractivity contribution is 5.96. The maximum absolute atomic E-state index is 12.6. The lowest BCUT2D eigenvalue weighted by atomic mass is 10.1. The van der Waals surface area contributed by atoms with E-state index in [9.17, 15) is 4.79 Å². The minimum atomic E-state index is -0.594. The first-order valence-electron chi connectivity index (χ1n) is 7.17. The lowest BCUT2D eigenvalue weighted by Gasteiger charge is -2.17. The summed E-state index contributed by atoms with van der Waals surface area (Å²) >= 11 is 0. The number of carbonyl (C=O) groups is 1. The molecule has 2 N–H and O–H groups in total. The minimum Gasteiger partial charge on any atom is -0.360 e. The van der Waals surface area contributed by atoms with Crippen molar-refractivity contribution in [1.29, 1.82) is 0 Å². The number of hydrogen-bond acceptors (Lipinski definition) is 5. The summed E-state index contributed by atoms with van der Waals surface area (Å²) < 4.78 is 6.64. The van der Waals surface area contributed by atoms with Crippen molar-refractivity contribution in [2.75, 3.05) is 10.6 Å². The fourth-order valence-electron chi connectivity index (χ4n) is 2.21. The van der Waals surface area contributed by atoms with Crippen LogP contribution in [0.15, 0.2) is 53.2 Å². The molecule has 0 saturated heterocycles. The zero-order valence-electron chi connectivity index (χ0n) is 12.9. The van der Waals surface area contributed by atoms with Crippen LogP contribution in [-0.2, 0) is 11.8 Å². The Morgan fingerprint density at radius 2 is 2.00 bits per heavy atom. The first kappa shape index (κ1) is 14.8. The second-order valence-electron chi connectivity index (χ2n) is 5.17. The highest BCUT2D eigenvalue weighted by Crippen LogP contribution is 2.20. The monoisotopic (exact) mass is 311 g/mol. The Morgan fingerprint density at radius 3 is 2.61 bits per heavy atom. The predicted octanol–water partition coefficient (Wildman–Crippen LogP) is 2.51. The Bertz CT molecular complexity index is 794. The van der Waals surface area contributed by atoms with Gasteiger partial charge < -0.3 is 15.2 Å². The number of hydrogen-bond donors (Lipinski definition) is 2. The van der Waals surface area contributed by atoms with Crippen molar-refractivity contribution in [3.05, 3.63) is 60.0 Å². The summed E-state index contributed by atoms with van der Waals surface area (Å²) in [5.41, 5.74) is 0.830. The fraction of sp³-hybridized carbons (Fsp3) is 0.188. The van der Waals surface area contributed by atoms with Crippen molar-refractivity contribution in [3.63, 3.8) is 0 Å². The minimum absolute atomic E-state index is 0.241. The van der Waals surface area contributed by atoms with E-state index >= 15 is 0 Å². The SMILES string of the molecule is Cc1cc(NC(=O)[C@H](Nc2ccn(C)n2)c2ccccc2)no1. The van der Waals surface area contributed by atoms with E-state index < -0.39 is 6.04 Å². The molecule has 7 nitrogen and oxygen atoms in total. The maximum Gasteiger partial charge on any atom is 0.252 e. The molecular weight excluding hydrogens is 294 g/mol. The normalized spacial score (nSPS) is 11.9. The van der Waals surface area contributed by atoms with E-state index in [4.69, 9.17) is 4.52 Å². The molecule has 3 rings (SSSR count). The third-order valence-electron chi connectivity index (χ3n) is 3.28. The van der Waals surface area contributed by atoms with Crippen molar-refractivity contribution in [2.24, 2.45) is 7.05 Å². The van der Waals surface area contributed by atoms with E-state index in [1.807, 2.05) is 49.6 Å². The van der Waals surface area contributed by atoms with Gasteiger partial charge in [-0.1, -0.05) is 35.5 Å². The highest BCUT2D eigenvalue weighted by atomic mass is 16.5. The summed E-state index contributed by atoms with van der Waals surface area (Å²) in [7, 11) is 1.82. The molecule has 0 unspecified atom stereocenters. The van der Waals surface area contributed by atoms with Crippen LogP contribution in [0.4, 0.5) is 11.6 Å². The molecule has 1 amide bonds. The Hall–Kier alpha value is -3.09. The molecule has 23 heavy (non-hydrogen) atoms. The zero-order valence-corrected chi connectivity index (χ0v) is 12.9. The van der Waals surface area contributed by atoms with Crippen molar-refractivity contribution >= 4 is 17.5 Å². The second kappa shape index (κ2) is 6.35. The summed E-state index contributed by atoms with van der Waals surface area (Å²) in [5, 5.41) is 13.9. The number of aromatic nitrogens is 3. The van der Waals surface area contributed by atoms with Crippen LogP contribution in [0.2, 0.25) is 0 Å². The summed E-state index contributed by atoms with van der Waals surface area (Å²) in [4.78, 5) is 12.6. The van der Waals surface area contributed by atoms with Crippen LogP contribution in [0.5, 0.6) is 0 Å². The van der Waals surface area contributed by atoms with Gasteiger partial charge in [0, 0.05) is 25.4 Å². The van der Waals surface area contributed by atoms with E-state index in [1.54, 1.807) is 17.7 Å². The predicted molar refractivity (Wildman–Crippen MR) is 85.9 cm³/mol. The van der Waals surface area contributed by atoms with Gasteiger partial charge in [-0.25, -0.2) is 0 Å². The van der Waals surface area contributed by atoms with Gasteiger partial charge in [0.25, 0.3) is 5.91 Å². The van der Waals surface area contributed by atoms with E-state index in [-0.39, 0.29) is 5.91 Å². The Morgan fingerprint density at radius 1 is 1.22 bits per heavy atom. The lowest BCUT2D eigenvalue weighted by Crippen LogP contribution is -2.27. The van der Waals surface area contributed by atoms with E-state index in [2.05, 4.69) is 20.9 Å². The molecule has 0 radical (unpaired) electrons. The molecule has 7 heteroatoms. The Kier molecular flexibility index (Phi) is 4.09. The second-order valence-corrected chi connectivity index (χ2v) is 5.17. The average molecular weight is 311 g/mol. The summed E-state index contributed by atoms with van der Waals surface area (Å²) in [6.07, 6.45) is 1.81. The van der Waals surface area contributed by atoms with Crippen molar-refractivity contribution in [1.82, 2.24) is 14.9 Å². The molecule has 0 aliphatic rings. The third-order valence-corrected chi connectivity index (χ3v) is 3.28. The van der Waals surface area contributed by atoms with Crippen molar-refractivity contribution in [3.8, 4) is 0 Å².